The van der Waals surface area contributed by atoms with Crippen molar-refractivity contribution in [1.82, 2.24) is 10.3 Å². The Hall–Kier alpha value is -0.930. The summed E-state index contributed by atoms with van der Waals surface area (Å²) in [6.07, 6.45) is 5.85. The first kappa shape index (κ1) is 9.62. The largest absolute Gasteiger partial charge is 0.396 e. The molecule has 0 radical (unpaired) electrons. The van der Waals surface area contributed by atoms with Gasteiger partial charge in [0.15, 0.2) is 0 Å². The SMILES string of the molecule is CNC(c1cccnc1)C1(CO)CC1. The summed E-state index contributed by atoms with van der Waals surface area (Å²) >= 11 is 0. The predicted octanol–water partition coefficient (Wildman–Crippen LogP) is 1.11. The first-order valence-electron chi connectivity index (χ1n) is 5.00. The summed E-state index contributed by atoms with van der Waals surface area (Å²) < 4.78 is 0. The van der Waals surface area contributed by atoms with Crippen LogP contribution < -0.4 is 5.32 Å². The maximum Gasteiger partial charge on any atom is 0.0505 e. The zero-order valence-corrected chi connectivity index (χ0v) is 8.40. The number of nitrogens with one attached hydrogen (secondary N) is 1. The van der Waals surface area contributed by atoms with Gasteiger partial charge in [-0.15, -0.1) is 0 Å². The zero-order valence-electron chi connectivity index (χ0n) is 8.40. The van der Waals surface area contributed by atoms with Crippen molar-refractivity contribution >= 4 is 0 Å². The number of rotatable bonds is 4. The van der Waals surface area contributed by atoms with Gasteiger partial charge in [0.25, 0.3) is 0 Å². The monoisotopic (exact) mass is 192 g/mol. The Morgan fingerprint density at radius 2 is 2.43 bits per heavy atom. The maximum atomic E-state index is 9.36. The first-order chi connectivity index (χ1) is 6.82. The number of aromatic nitrogens is 1. The van der Waals surface area contributed by atoms with Crippen molar-refractivity contribution < 1.29 is 5.11 Å². The highest BCUT2D eigenvalue weighted by Gasteiger charge is 2.48. The third kappa shape index (κ3) is 1.53. The van der Waals surface area contributed by atoms with Gasteiger partial charge in [-0.1, -0.05) is 6.07 Å². The number of pyridine rings is 1. The maximum absolute atomic E-state index is 9.36. The van der Waals surface area contributed by atoms with E-state index in [0.717, 1.165) is 12.8 Å². The summed E-state index contributed by atoms with van der Waals surface area (Å²) in [6, 6.07) is 4.23. The van der Waals surface area contributed by atoms with Crippen LogP contribution in [0.25, 0.3) is 0 Å². The van der Waals surface area contributed by atoms with Crippen LogP contribution in [0.4, 0.5) is 0 Å². The van der Waals surface area contributed by atoms with Gasteiger partial charge in [0, 0.05) is 23.9 Å². The number of aliphatic hydroxyl groups is 1. The minimum absolute atomic E-state index is 0.0672. The lowest BCUT2D eigenvalue weighted by Gasteiger charge is -2.24. The summed E-state index contributed by atoms with van der Waals surface area (Å²) in [7, 11) is 1.94. The number of hydrogen-bond donors (Lipinski definition) is 2. The molecule has 3 heteroatoms. The molecular weight excluding hydrogens is 176 g/mol. The fraction of sp³-hybridized carbons (Fsp3) is 0.545. The number of hydrogen-bond acceptors (Lipinski definition) is 3. The van der Waals surface area contributed by atoms with Gasteiger partial charge in [0.2, 0.25) is 0 Å². The molecule has 0 amide bonds. The summed E-state index contributed by atoms with van der Waals surface area (Å²) in [4.78, 5) is 4.11. The molecule has 1 atom stereocenters. The topological polar surface area (TPSA) is 45.2 Å². The second-order valence-electron chi connectivity index (χ2n) is 4.03. The van der Waals surface area contributed by atoms with Gasteiger partial charge in [-0.05, 0) is 31.5 Å². The van der Waals surface area contributed by atoms with Gasteiger partial charge in [-0.2, -0.15) is 0 Å². The molecular formula is C11H16N2O. The van der Waals surface area contributed by atoms with E-state index in [-0.39, 0.29) is 18.1 Å². The van der Waals surface area contributed by atoms with Crippen LogP contribution in [0.3, 0.4) is 0 Å². The lowest BCUT2D eigenvalue weighted by molar-refractivity contribution is 0.175. The molecule has 1 aromatic heterocycles. The van der Waals surface area contributed by atoms with Crippen LogP contribution >= 0.6 is 0 Å². The molecule has 1 aliphatic rings. The molecule has 76 valence electrons. The molecule has 0 bridgehead atoms. The molecule has 1 aliphatic carbocycles. The molecule has 14 heavy (non-hydrogen) atoms. The standard InChI is InChI=1S/C11H16N2O/c1-12-10(11(8-14)4-5-11)9-3-2-6-13-7-9/h2-3,6-7,10,12,14H,4-5,8H2,1H3. The third-order valence-corrected chi connectivity index (χ3v) is 3.13. The average Bonchev–Trinajstić information content (AvgIpc) is 3.02. The van der Waals surface area contributed by atoms with E-state index in [4.69, 9.17) is 0 Å². The van der Waals surface area contributed by atoms with Crippen LogP contribution in [0.1, 0.15) is 24.4 Å². The molecule has 1 aromatic rings. The molecule has 1 heterocycles. The average molecular weight is 192 g/mol. The third-order valence-electron chi connectivity index (χ3n) is 3.13. The van der Waals surface area contributed by atoms with Gasteiger partial charge in [-0.25, -0.2) is 0 Å². The van der Waals surface area contributed by atoms with Crippen molar-refractivity contribution in [3.8, 4) is 0 Å². The fourth-order valence-electron chi connectivity index (χ4n) is 2.07. The summed E-state index contributed by atoms with van der Waals surface area (Å²) in [5.41, 5.74) is 1.24. The van der Waals surface area contributed by atoms with Crippen LogP contribution in [0.5, 0.6) is 0 Å². The van der Waals surface area contributed by atoms with E-state index in [0.29, 0.717) is 0 Å². The molecule has 3 nitrogen and oxygen atoms in total. The van der Waals surface area contributed by atoms with Crippen LogP contribution in [-0.2, 0) is 0 Å². The molecule has 0 aromatic carbocycles. The van der Waals surface area contributed by atoms with Crippen molar-refractivity contribution in [2.75, 3.05) is 13.7 Å². The highest BCUT2D eigenvalue weighted by Crippen LogP contribution is 2.54. The van der Waals surface area contributed by atoms with Crippen molar-refractivity contribution in [2.45, 2.75) is 18.9 Å². The van der Waals surface area contributed by atoms with Crippen molar-refractivity contribution in [2.24, 2.45) is 5.41 Å². The summed E-state index contributed by atoms with van der Waals surface area (Å²) in [6.45, 7) is 0.257. The van der Waals surface area contributed by atoms with Crippen LogP contribution in [0, 0.1) is 5.41 Å². The molecule has 0 saturated heterocycles. The molecule has 0 spiro atoms. The molecule has 1 unspecified atom stereocenters. The molecule has 1 fully saturated rings. The minimum atomic E-state index is 0.0672. The molecule has 2 N–H and O–H groups in total. The van der Waals surface area contributed by atoms with Gasteiger partial charge < -0.3 is 10.4 Å². The molecule has 2 rings (SSSR count). The second-order valence-corrected chi connectivity index (χ2v) is 4.03. The lowest BCUT2D eigenvalue weighted by atomic mass is 9.92. The molecule has 0 aliphatic heterocycles. The predicted molar refractivity (Wildman–Crippen MR) is 54.8 cm³/mol. The highest BCUT2D eigenvalue weighted by molar-refractivity contribution is 5.20. The number of aliphatic hydroxyl groups excluding tert-OH is 1. The van der Waals surface area contributed by atoms with Crippen LogP contribution in [-0.4, -0.2) is 23.7 Å². The molecule has 1 saturated carbocycles. The Morgan fingerprint density at radius 3 is 2.86 bits per heavy atom. The van der Waals surface area contributed by atoms with E-state index in [9.17, 15) is 5.11 Å². The van der Waals surface area contributed by atoms with Gasteiger partial charge in [-0.3, -0.25) is 4.98 Å². The lowest BCUT2D eigenvalue weighted by Crippen LogP contribution is -2.29. The fourth-order valence-corrected chi connectivity index (χ4v) is 2.07. The van der Waals surface area contributed by atoms with Crippen LogP contribution in [0.2, 0.25) is 0 Å². The summed E-state index contributed by atoms with van der Waals surface area (Å²) in [5.74, 6) is 0. The van der Waals surface area contributed by atoms with Gasteiger partial charge in [0.05, 0.1) is 6.61 Å². The van der Waals surface area contributed by atoms with E-state index in [1.54, 1.807) is 6.20 Å². The highest BCUT2D eigenvalue weighted by atomic mass is 16.3. The summed E-state index contributed by atoms with van der Waals surface area (Å²) in [5, 5.41) is 12.6. The van der Waals surface area contributed by atoms with Crippen molar-refractivity contribution in [1.29, 1.82) is 0 Å². The quantitative estimate of drug-likeness (QED) is 0.751. The Morgan fingerprint density at radius 1 is 1.64 bits per heavy atom. The minimum Gasteiger partial charge on any atom is -0.396 e. The zero-order chi connectivity index (χ0) is 10.0. The Balaban J connectivity index is 2.22. The smallest absolute Gasteiger partial charge is 0.0505 e. The van der Waals surface area contributed by atoms with Crippen molar-refractivity contribution in [3.63, 3.8) is 0 Å². The van der Waals surface area contributed by atoms with E-state index >= 15 is 0 Å². The number of nitrogens with zero attached hydrogens (tertiary/aromatic N) is 1. The first-order valence-corrected chi connectivity index (χ1v) is 5.00. The van der Waals surface area contributed by atoms with E-state index in [1.807, 2.05) is 19.3 Å². The van der Waals surface area contributed by atoms with Crippen molar-refractivity contribution in [3.05, 3.63) is 30.1 Å². The van der Waals surface area contributed by atoms with Crippen LogP contribution in [0.15, 0.2) is 24.5 Å². The van der Waals surface area contributed by atoms with Gasteiger partial charge in [0.1, 0.15) is 0 Å². The van der Waals surface area contributed by atoms with Gasteiger partial charge >= 0.3 is 0 Å². The Bertz CT molecular complexity index is 295. The Labute approximate surface area is 84.2 Å². The van der Waals surface area contributed by atoms with E-state index < -0.39 is 0 Å². The second kappa shape index (κ2) is 3.67. The van der Waals surface area contributed by atoms with E-state index in [2.05, 4.69) is 16.4 Å². The van der Waals surface area contributed by atoms with E-state index in [1.165, 1.54) is 5.56 Å². The normalized spacial score (nSPS) is 20.4. The Kier molecular flexibility index (Phi) is 2.52.